The third-order valence-corrected chi connectivity index (χ3v) is 3.89. The molecule has 7 heteroatoms. The Kier molecular flexibility index (Phi) is 5.28. The Bertz CT molecular complexity index is 560. The number of hydrogen-bond donors (Lipinski definition) is 1. The highest BCUT2D eigenvalue weighted by atomic mass is 19.4. The van der Waals surface area contributed by atoms with Gasteiger partial charge >= 0.3 is 6.18 Å². The largest absolute Gasteiger partial charge is 0.408 e. The Morgan fingerprint density at radius 2 is 1.87 bits per heavy atom. The van der Waals surface area contributed by atoms with E-state index < -0.39 is 24.2 Å². The van der Waals surface area contributed by atoms with Crippen LogP contribution in [-0.4, -0.2) is 41.5 Å². The molecular weight excluding hydrogens is 309 g/mol. The molecule has 0 saturated carbocycles. The number of alkyl halides is 3. The summed E-state index contributed by atoms with van der Waals surface area (Å²) in [7, 11) is 0. The zero-order valence-electron chi connectivity index (χ0n) is 12.8. The topological polar surface area (TPSA) is 49.4 Å². The monoisotopic (exact) mass is 328 g/mol. The van der Waals surface area contributed by atoms with Crippen LogP contribution in [0.25, 0.3) is 0 Å². The molecule has 126 valence electrons. The number of piperidine rings is 1. The smallest absolute Gasteiger partial charge is 0.352 e. The molecule has 1 fully saturated rings. The summed E-state index contributed by atoms with van der Waals surface area (Å²) in [6, 6.07) is 6.43. The van der Waals surface area contributed by atoms with Crippen LogP contribution in [0.15, 0.2) is 30.3 Å². The van der Waals surface area contributed by atoms with Crippen LogP contribution in [0.3, 0.4) is 0 Å². The molecule has 0 aliphatic carbocycles. The maximum atomic E-state index is 13.2. The van der Waals surface area contributed by atoms with Crippen molar-refractivity contribution in [1.82, 2.24) is 10.2 Å². The molecule has 2 amide bonds. The minimum atomic E-state index is -4.46. The van der Waals surface area contributed by atoms with Gasteiger partial charge in [0.1, 0.15) is 6.04 Å². The van der Waals surface area contributed by atoms with Crippen LogP contribution >= 0.6 is 0 Å². The molecular formula is C16H19F3N2O2. The van der Waals surface area contributed by atoms with E-state index in [2.05, 4.69) is 5.32 Å². The highest BCUT2D eigenvalue weighted by Crippen LogP contribution is 2.32. The molecule has 0 bridgehead atoms. The van der Waals surface area contributed by atoms with E-state index in [9.17, 15) is 22.8 Å². The fourth-order valence-corrected chi connectivity index (χ4v) is 2.86. The lowest BCUT2D eigenvalue weighted by Crippen LogP contribution is -2.58. The summed E-state index contributed by atoms with van der Waals surface area (Å²) in [5, 5.41) is 2.60. The SMILES string of the molecule is CC(=O)N[C@H]1CC[C@@H](C(F)(F)F)N(C(=O)Cc2ccccc2)C1. The van der Waals surface area contributed by atoms with Crippen molar-refractivity contribution in [2.75, 3.05) is 6.54 Å². The minimum Gasteiger partial charge on any atom is -0.352 e. The minimum absolute atomic E-state index is 0.0831. The molecule has 2 atom stereocenters. The number of carbonyl (C=O) groups excluding carboxylic acids is 2. The fraction of sp³-hybridized carbons (Fsp3) is 0.500. The van der Waals surface area contributed by atoms with Gasteiger partial charge in [-0.3, -0.25) is 9.59 Å². The Morgan fingerprint density at radius 1 is 1.22 bits per heavy atom. The number of likely N-dealkylation sites (tertiary alicyclic amines) is 1. The number of nitrogens with zero attached hydrogens (tertiary/aromatic N) is 1. The van der Waals surface area contributed by atoms with E-state index >= 15 is 0 Å². The van der Waals surface area contributed by atoms with Gasteiger partial charge in [-0.25, -0.2) is 0 Å². The number of benzene rings is 1. The summed E-state index contributed by atoms with van der Waals surface area (Å²) in [6.45, 7) is 1.20. The van der Waals surface area contributed by atoms with E-state index in [1.165, 1.54) is 6.92 Å². The lowest BCUT2D eigenvalue weighted by molar-refractivity contribution is -0.197. The van der Waals surface area contributed by atoms with Crippen LogP contribution in [0.5, 0.6) is 0 Å². The van der Waals surface area contributed by atoms with E-state index in [1.54, 1.807) is 30.3 Å². The van der Waals surface area contributed by atoms with E-state index in [-0.39, 0.29) is 31.7 Å². The van der Waals surface area contributed by atoms with Gasteiger partial charge in [0, 0.05) is 19.5 Å². The van der Waals surface area contributed by atoms with Crippen LogP contribution in [-0.2, 0) is 16.0 Å². The van der Waals surface area contributed by atoms with Crippen LogP contribution < -0.4 is 5.32 Å². The number of hydrogen-bond acceptors (Lipinski definition) is 2. The summed E-state index contributed by atoms with van der Waals surface area (Å²) < 4.78 is 39.6. The second-order valence-electron chi connectivity index (χ2n) is 5.74. The molecule has 0 radical (unpaired) electrons. The Morgan fingerprint density at radius 3 is 2.43 bits per heavy atom. The molecule has 0 aromatic heterocycles. The molecule has 1 N–H and O–H groups in total. The summed E-state index contributed by atoms with van der Waals surface area (Å²) in [4.78, 5) is 24.3. The molecule has 0 unspecified atom stereocenters. The predicted molar refractivity (Wildman–Crippen MR) is 78.5 cm³/mol. The van der Waals surface area contributed by atoms with Crippen molar-refractivity contribution >= 4 is 11.8 Å². The van der Waals surface area contributed by atoms with Crippen LogP contribution in [0.2, 0.25) is 0 Å². The first-order valence-corrected chi connectivity index (χ1v) is 7.44. The van der Waals surface area contributed by atoms with E-state index in [4.69, 9.17) is 0 Å². The van der Waals surface area contributed by atoms with Crippen LogP contribution in [0.1, 0.15) is 25.3 Å². The van der Waals surface area contributed by atoms with Gasteiger partial charge in [-0.1, -0.05) is 30.3 Å². The highest BCUT2D eigenvalue weighted by molar-refractivity contribution is 5.79. The Balaban J connectivity index is 2.13. The summed E-state index contributed by atoms with van der Waals surface area (Å²) >= 11 is 0. The zero-order chi connectivity index (χ0) is 17.0. The lowest BCUT2D eigenvalue weighted by atomic mass is 9.96. The number of nitrogens with one attached hydrogen (secondary N) is 1. The zero-order valence-corrected chi connectivity index (χ0v) is 12.8. The van der Waals surface area contributed by atoms with E-state index in [1.807, 2.05) is 0 Å². The van der Waals surface area contributed by atoms with Gasteiger partial charge in [0.2, 0.25) is 11.8 Å². The van der Waals surface area contributed by atoms with Crippen molar-refractivity contribution in [2.45, 2.75) is 44.4 Å². The first-order chi connectivity index (χ1) is 10.8. The molecule has 1 aliphatic rings. The maximum Gasteiger partial charge on any atom is 0.408 e. The van der Waals surface area contributed by atoms with Crippen molar-refractivity contribution in [2.24, 2.45) is 0 Å². The third-order valence-electron chi connectivity index (χ3n) is 3.89. The molecule has 0 spiro atoms. The second-order valence-corrected chi connectivity index (χ2v) is 5.74. The summed E-state index contributed by atoms with van der Waals surface area (Å²) in [5.74, 6) is -0.885. The first kappa shape index (κ1) is 17.3. The van der Waals surface area contributed by atoms with Crippen molar-refractivity contribution in [1.29, 1.82) is 0 Å². The van der Waals surface area contributed by atoms with Crippen LogP contribution in [0, 0.1) is 0 Å². The van der Waals surface area contributed by atoms with Gasteiger partial charge in [0.25, 0.3) is 0 Å². The number of amides is 2. The van der Waals surface area contributed by atoms with E-state index in [0.29, 0.717) is 5.56 Å². The highest BCUT2D eigenvalue weighted by Gasteiger charge is 2.47. The van der Waals surface area contributed by atoms with Gasteiger partial charge in [-0.2, -0.15) is 13.2 Å². The van der Waals surface area contributed by atoms with Crippen LogP contribution in [0.4, 0.5) is 13.2 Å². The Labute approximate surface area is 132 Å². The van der Waals surface area contributed by atoms with Gasteiger partial charge in [0.15, 0.2) is 0 Å². The lowest BCUT2D eigenvalue weighted by Gasteiger charge is -2.40. The molecule has 4 nitrogen and oxygen atoms in total. The molecule has 1 aromatic rings. The van der Waals surface area contributed by atoms with Crippen molar-refractivity contribution in [3.63, 3.8) is 0 Å². The normalized spacial score (nSPS) is 21.8. The second kappa shape index (κ2) is 7.02. The van der Waals surface area contributed by atoms with E-state index in [0.717, 1.165) is 4.90 Å². The maximum absolute atomic E-state index is 13.2. The number of halogens is 3. The Hall–Kier alpha value is -2.05. The standard InChI is InChI=1S/C16H19F3N2O2/c1-11(22)20-13-7-8-14(16(17,18)19)21(10-13)15(23)9-12-5-3-2-4-6-12/h2-6,13-14H,7-10H2,1H3,(H,20,22)/t13-,14-/m0/s1. The molecule has 2 rings (SSSR count). The average molecular weight is 328 g/mol. The van der Waals surface area contributed by atoms with Gasteiger partial charge < -0.3 is 10.2 Å². The summed E-state index contributed by atoms with van der Waals surface area (Å²) in [5.41, 5.74) is 0.667. The average Bonchev–Trinajstić information content (AvgIpc) is 2.46. The molecule has 1 heterocycles. The molecule has 1 aliphatic heterocycles. The van der Waals surface area contributed by atoms with Crippen molar-refractivity contribution in [3.05, 3.63) is 35.9 Å². The number of rotatable bonds is 3. The molecule has 1 aromatic carbocycles. The summed E-state index contributed by atoms with van der Waals surface area (Å²) in [6.07, 6.45) is -4.54. The third kappa shape index (κ3) is 4.71. The van der Waals surface area contributed by atoms with Gasteiger partial charge in [-0.05, 0) is 18.4 Å². The quantitative estimate of drug-likeness (QED) is 0.925. The molecule has 23 heavy (non-hydrogen) atoms. The van der Waals surface area contributed by atoms with Gasteiger partial charge in [-0.15, -0.1) is 0 Å². The predicted octanol–water partition coefficient (Wildman–Crippen LogP) is 2.29. The first-order valence-electron chi connectivity index (χ1n) is 7.44. The molecule has 1 saturated heterocycles. The van der Waals surface area contributed by atoms with Crippen molar-refractivity contribution in [3.8, 4) is 0 Å². The van der Waals surface area contributed by atoms with Gasteiger partial charge in [0.05, 0.1) is 6.42 Å². The number of carbonyl (C=O) groups is 2. The van der Waals surface area contributed by atoms with Crippen molar-refractivity contribution < 1.29 is 22.8 Å². The fourth-order valence-electron chi connectivity index (χ4n) is 2.86.